The molecule has 0 saturated carbocycles. The summed E-state index contributed by atoms with van der Waals surface area (Å²) in [5.74, 6) is 2.13. The van der Waals surface area contributed by atoms with Crippen molar-refractivity contribution < 1.29 is 13.2 Å². The van der Waals surface area contributed by atoms with Crippen LogP contribution in [0, 0.1) is 13.8 Å². The number of anilines is 1. The molecule has 1 aliphatic rings. The zero-order valence-electron chi connectivity index (χ0n) is 20.3. The number of hydrogen-bond acceptors (Lipinski definition) is 6. The van der Waals surface area contributed by atoms with E-state index in [0.29, 0.717) is 37.0 Å². The predicted octanol–water partition coefficient (Wildman–Crippen LogP) is 5.06. The monoisotopic (exact) mass is 500 g/mol. The molecule has 3 aromatic carbocycles. The summed E-state index contributed by atoms with van der Waals surface area (Å²) in [4.78, 5) is 11.6. The maximum Gasteiger partial charge on any atom is 0.243 e. The standard InChI is InChI=1S/C28H28N4O3S/c1-21-8-9-22(2)27(20-21)36(33,34)32-18-16-31(17-19-32)28-29-15-14-26(30-28)23-10-12-25(13-11-23)35-24-6-4-3-5-7-24/h3-15,20H,16-19H2,1-2H3. The molecule has 4 aromatic rings. The SMILES string of the molecule is Cc1ccc(C)c(S(=O)(=O)N2CCN(c3nccc(-c4ccc(Oc5ccccc5)cc4)n3)CC2)c1. The van der Waals surface area contributed by atoms with Crippen molar-refractivity contribution in [2.24, 2.45) is 0 Å². The molecule has 8 heteroatoms. The van der Waals surface area contributed by atoms with Crippen LogP contribution in [-0.4, -0.2) is 48.9 Å². The maximum atomic E-state index is 13.3. The Bertz CT molecular complexity index is 1450. The highest BCUT2D eigenvalue weighted by atomic mass is 32.2. The lowest BCUT2D eigenvalue weighted by Crippen LogP contribution is -2.49. The molecule has 1 aromatic heterocycles. The average molecular weight is 501 g/mol. The van der Waals surface area contributed by atoms with Gasteiger partial charge in [-0.2, -0.15) is 4.31 Å². The summed E-state index contributed by atoms with van der Waals surface area (Å²) in [5.41, 5.74) is 3.45. The van der Waals surface area contributed by atoms with Crippen molar-refractivity contribution in [2.45, 2.75) is 18.7 Å². The van der Waals surface area contributed by atoms with Crippen LogP contribution < -0.4 is 9.64 Å². The number of aromatic nitrogens is 2. The average Bonchev–Trinajstić information content (AvgIpc) is 2.91. The first-order valence-corrected chi connectivity index (χ1v) is 13.3. The quantitative estimate of drug-likeness (QED) is 0.368. The van der Waals surface area contributed by atoms with Crippen LogP contribution in [-0.2, 0) is 10.0 Å². The highest BCUT2D eigenvalue weighted by Crippen LogP contribution is 2.27. The molecule has 1 saturated heterocycles. The number of aryl methyl sites for hydroxylation is 2. The van der Waals surface area contributed by atoms with Gasteiger partial charge in [0.05, 0.1) is 10.6 Å². The van der Waals surface area contributed by atoms with Gasteiger partial charge in [-0.25, -0.2) is 18.4 Å². The van der Waals surface area contributed by atoms with Gasteiger partial charge in [-0.15, -0.1) is 0 Å². The van der Waals surface area contributed by atoms with Gasteiger partial charge < -0.3 is 9.64 Å². The fourth-order valence-electron chi connectivity index (χ4n) is 4.23. The first-order valence-electron chi connectivity index (χ1n) is 11.9. The zero-order chi connectivity index (χ0) is 25.1. The molecule has 2 heterocycles. The van der Waals surface area contributed by atoms with E-state index in [-0.39, 0.29) is 0 Å². The van der Waals surface area contributed by atoms with Crippen molar-refractivity contribution in [3.8, 4) is 22.8 Å². The van der Waals surface area contributed by atoms with Gasteiger partial charge in [0.2, 0.25) is 16.0 Å². The fraction of sp³-hybridized carbons (Fsp3) is 0.214. The number of rotatable bonds is 6. The fourth-order valence-corrected chi connectivity index (χ4v) is 5.96. The van der Waals surface area contributed by atoms with Crippen molar-refractivity contribution in [1.82, 2.24) is 14.3 Å². The summed E-state index contributed by atoms with van der Waals surface area (Å²) in [6.07, 6.45) is 1.74. The van der Waals surface area contributed by atoms with Crippen molar-refractivity contribution in [3.63, 3.8) is 0 Å². The highest BCUT2D eigenvalue weighted by molar-refractivity contribution is 7.89. The Morgan fingerprint density at radius 3 is 2.22 bits per heavy atom. The van der Waals surface area contributed by atoms with Crippen LogP contribution in [0.25, 0.3) is 11.3 Å². The number of benzene rings is 3. The lowest BCUT2D eigenvalue weighted by atomic mass is 10.1. The third kappa shape index (κ3) is 5.10. The summed E-state index contributed by atoms with van der Waals surface area (Å²) in [6.45, 7) is 5.56. The van der Waals surface area contributed by atoms with Crippen LogP contribution >= 0.6 is 0 Å². The molecule has 36 heavy (non-hydrogen) atoms. The molecule has 0 amide bonds. The van der Waals surface area contributed by atoms with Gasteiger partial charge >= 0.3 is 0 Å². The third-order valence-corrected chi connectivity index (χ3v) is 8.30. The Hall–Kier alpha value is -3.75. The summed E-state index contributed by atoms with van der Waals surface area (Å²) >= 11 is 0. The van der Waals surface area contributed by atoms with Crippen molar-refractivity contribution in [3.05, 3.63) is 96.2 Å². The number of sulfonamides is 1. The van der Waals surface area contributed by atoms with Gasteiger partial charge in [-0.05, 0) is 73.5 Å². The molecule has 1 fully saturated rings. The molecule has 0 N–H and O–H groups in total. The minimum Gasteiger partial charge on any atom is -0.457 e. The molecule has 0 aliphatic carbocycles. The van der Waals surface area contributed by atoms with Gasteiger partial charge in [-0.1, -0.05) is 30.3 Å². The molecule has 7 nitrogen and oxygen atoms in total. The van der Waals surface area contributed by atoms with Crippen LogP contribution in [0.5, 0.6) is 11.5 Å². The van der Waals surface area contributed by atoms with Crippen molar-refractivity contribution in [2.75, 3.05) is 31.1 Å². The Morgan fingerprint density at radius 1 is 0.806 bits per heavy atom. The van der Waals surface area contributed by atoms with E-state index in [4.69, 9.17) is 9.72 Å². The molecule has 5 rings (SSSR count). The molecule has 0 radical (unpaired) electrons. The molecule has 0 atom stereocenters. The van der Waals surface area contributed by atoms with Gasteiger partial charge in [0.25, 0.3) is 0 Å². The Balaban J connectivity index is 1.27. The molecule has 0 unspecified atom stereocenters. The van der Waals surface area contributed by atoms with Crippen LogP contribution in [0.3, 0.4) is 0 Å². The van der Waals surface area contributed by atoms with E-state index >= 15 is 0 Å². The number of nitrogens with zero attached hydrogens (tertiary/aromatic N) is 4. The summed E-state index contributed by atoms with van der Waals surface area (Å²) < 4.78 is 33.9. The molecule has 184 valence electrons. The second-order valence-corrected chi connectivity index (χ2v) is 10.7. The molecular weight excluding hydrogens is 472 g/mol. The lowest BCUT2D eigenvalue weighted by Gasteiger charge is -2.34. The van der Waals surface area contributed by atoms with E-state index in [1.165, 1.54) is 0 Å². The maximum absolute atomic E-state index is 13.3. The second-order valence-electron chi connectivity index (χ2n) is 8.84. The van der Waals surface area contributed by atoms with Gasteiger partial charge in [0.15, 0.2) is 0 Å². The number of piperazine rings is 1. The first kappa shape index (κ1) is 24.0. The van der Waals surface area contributed by atoms with Crippen molar-refractivity contribution in [1.29, 1.82) is 0 Å². The summed E-state index contributed by atoms with van der Waals surface area (Å²) in [7, 11) is -3.54. The minimum atomic E-state index is -3.54. The van der Waals surface area contributed by atoms with E-state index < -0.39 is 10.0 Å². The van der Waals surface area contributed by atoms with Crippen LogP contribution in [0.4, 0.5) is 5.95 Å². The smallest absolute Gasteiger partial charge is 0.243 e. The van der Waals surface area contributed by atoms with E-state index in [0.717, 1.165) is 33.9 Å². The number of para-hydroxylation sites is 1. The normalized spacial score (nSPS) is 14.6. The Kier molecular flexibility index (Phi) is 6.71. The minimum absolute atomic E-state index is 0.383. The zero-order valence-corrected chi connectivity index (χ0v) is 21.1. The van der Waals surface area contributed by atoms with Crippen LogP contribution in [0.15, 0.2) is 90.0 Å². The Morgan fingerprint density at radius 2 is 1.50 bits per heavy atom. The van der Waals surface area contributed by atoms with E-state index in [1.54, 1.807) is 16.6 Å². The van der Waals surface area contributed by atoms with E-state index in [9.17, 15) is 8.42 Å². The molecule has 0 bridgehead atoms. The lowest BCUT2D eigenvalue weighted by molar-refractivity contribution is 0.382. The first-order chi connectivity index (χ1) is 17.4. The van der Waals surface area contributed by atoms with Crippen LogP contribution in [0.2, 0.25) is 0 Å². The van der Waals surface area contributed by atoms with E-state index in [1.807, 2.05) is 91.5 Å². The molecule has 0 spiro atoms. The summed E-state index contributed by atoms with van der Waals surface area (Å²) in [6, 6.07) is 24.8. The van der Waals surface area contributed by atoms with Gasteiger partial charge in [0, 0.05) is 37.9 Å². The van der Waals surface area contributed by atoms with Crippen molar-refractivity contribution >= 4 is 16.0 Å². The van der Waals surface area contributed by atoms with Gasteiger partial charge in [0.1, 0.15) is 11.5 Å². The third-order valence-electron chi connectivity index (χ3n) is 6.25. The topological polar surface area (TPSA) is 75.6 Å². The molecule has 1 aliphatic heterocycles. The van der Waals surface area contributed by atoms with Crippen LogP contribution in [0.1, 0.15) is 11.1 Å². The molecular formula is C28H28N4O3S. The summed E-state index contributed by atoms with van der Waals surface area (Å²) in [5, 5.41) is 0. The van der Waals surface area contributed by atoms with Gasteiger partial charge in [-0.3, -0.25) is 0 Å². The second kappa shape index (κ2) is 10.1. The highest BCUT2D eigenvalue weighted by Gasteiger charge is 2.30. The van der Waals surface area contributed by atoms with E-state index in [2.05, 4.69) is 4.98 Å². The Labute approximate surface area is 212 Å². The number of ether oxygens (including phenoxy) is 1. The predicted molar refractivity (Wildman–Crippen MR) is 141 cm³/mol. The number of hydrogen-bond donors (Lipinski definition) is 0. The largest absolute Gasteiger partial charge is 0.457 e.